The number of nitrogens with zero attached hydrogens (tertiary/aromatic N) is 2. The molecule has 0 fully saturated rings. The molecule has 1 aromatic heterocycles. The van der Waals surface area contributed by atoms with Gasteiger partial charge in [-0.15, -0.1) is 10.2 Å². The number of aromatic nitrogens is 2. The Morgan fingerprint density at radius 2 is 1.88 bits per heavy atom. The Labute approximate surface area is 151 Å². The van der Waals surface area contributed by atoms with E-state index in [1.165, 1.54) is 0 Å². The van der Waals surface area contributed by atoms with Gasteiger partial charge in [-0.3, -0.25) is 14.9 Å². The van der Waals surface area contributed by atoms with Crippen molar-refractivity contribution in [1.82, 2.24) is 15.5 Å². The monoisotopic (exact) mass is 386 g/mol. The van der Waals surface area contributed by atoms with Gasteiger partial charge in [-0.1, -0.05) is 42.9 Å². The predicted molar refractivity (Wildman–Crippen MR) is 90.8 cm³/mol. The standard InChI is InChI=1S/C16H17F3N4O2S/c1-8(2)11(20-12(24)10-6-4-5-9(3)7-10)13(25)21-15-23-22-14(26-15)16(17,18)19/h4-8,11H,1-3H3,(H,20,24)(H,21,23,25). The highest BCUT2D eigenvalue weighted by molar-refractivity contribution is 7.15. The number of rotatable bonds is 5. The van der Waals surface area contributed by atoms with E-state index in [9.17, 15) is 22.8 Å². The second kappa shape index (κ2) is 7.81. The highest BCUT2D eigenvalue weighted by atomic mass is 32.1. The van der Waals surface area contributed by atoms with Crippen LogP contribution in [0.4, 0.5) is 18.3 Å². The van der Waals surface area contributed by atoms with Gasteiger partial charge in [0.05, 0.1) is 0 Å². The van der Waals surface area contributed by atoms with Crippen LogP contribution in [0.3, 0.4) is 0 Å². The van der Waals surface area contributed by atoms with Crippen LogP contribution in [-0.2, 0) is 11.0 Å². The van der Waals surface area contributed by atoms with Crippen LogP contribution in [0.25, 0.3) is 0 Å². The van der Waals surface area contributed by atoms with E-state index in [0.29, 0.717) is 5.56 Å². The summed E-state index contributed by atoms with van der Waals surface area (Å²) in [5, 5.41) is 9.76. The maximum absolute atomic E-state index is 12.6. The van der Waals surface area contributed by atoms with Gasteiger partial charge in [0.25, 0.3) is 5.91 Å². The third kappa shape index (κ3) is 5.01. The number of nitrogens with one attached hydrogen (secondary N) is 2. The summed E-state index contributed by atoms with van der Waals surface area (Å²) in [6, 6.07) is 5.88. The largest absolute Gasteiger partial charge is 0.445 e. The summed E-state index contributed by atoms with van der Waals surface area (Å²) >= 11 is 0.223. The lowest BCUT2D eigenvalue weighted by atomic mass is 10.0. The zero-order valence-electron chi connectivity index (χ0n) is 14.2. The molecule has 1 aromatic carbocycles. The molecule has 2 aromatic rings. The first-order valence-electron chi connectivity index (χ1n) is 7.67. The van der Waals surface area contributed by atoms with Gasteiger partial charge in [0.2, 0.25) is 16.0 Å². The molecular weight excluding hydrogens is 369 g/mol. The number of halogens is 3. The molecule has 0 saturated carbocycles. The molecule has 0 aliphatic rings. The van der Waals surface area contributed by atoms with Gasteiger partial charge in [-0.2, -0.15) is 13.2 Å². The third-order valence-electron chi connectivity index (χ3n) is 3.41. The molecule has 140 valence electrons. The Morgan fingerprint density at radius 1 is 1.19 bits per heavy atom. The molecule has 10 heteroatoms. The molecular formula is C16H17F3N4O2S. The van der Waals surface area contributed by atoms with Crippen LogP contribution in [0, 0.1) is 12.8 Å². The normalized spacial score (nSPS) is 12.7. The average molecular weight is 386 g/mol. The first-order chi connectivity index (χ1) is 12.1. The first kappa shape index (κ1) is 19.8. The zero-order chi connectivity index (χ0) is 19.5. The third-order valence-corrected chi connectivity index (χ3v) is 4.30. The van der Waals surface area contributed by atoms with E-state index in [2.05, 4.69) is 20.8 Å². The van der Waals surface area contributed by atoms with Crippen LogP contribution in [0.1, 0.15) is 34.8 Å². The minimum absolute atomic E-state index is 0.223. The summed E-state index contributed by atoms with van der Waals surface area (Å²) in [5.74, 6) is -1.40. The molecule has 0 saturated heterocycles. The Bertz CT molecular complexity index is 805. The number of alkyl halides is 3. The SMILES string of the molecule is Cc1cccc(C(=O)NC(C(=O)Nc2nnc(C(F)(F)F)s2)C(C)C)c1. The van der Waals surface area contributed by atoms with E-state index in [1.807, 2.05) is 13.0 Å². The van der Waals surface area contributed by atoms with Gasteiger partial charge in [-0.05, 0) is 25.0 Å². The zero-order valence-corrected chi connectivity index (χ0v) is 15.0. The number of carbonyl (C=O) groups is 2. The van der Waals surface area contributed by atoms with Crippen molar-refractivity contribution >= 4 is 28.3 Å². The van der Waals surface area contributed by atoms with Crippen LogP contribution in [-0.4, -0.2) is 28.1 Å². The summed E-state index contributed by atoms with van der Waals surface area (Å²) < 4.78 is 37.7. The van der Waals surface area contributed by atoms with Crippen LogP contribution in [0.5, 0.6) is 0 Å². The van der Waals surface area contributed by atoms with Crippen molar-refractivity contribution in [1.29, 1.82) is 0 Å². The summed E-state index contributed by atoms with van der Waals surface area (Å²) in [4.78, 5) is 24.7. The number of aryl methyl sites for hydroxylation is 1. The van der Waals surface area contributed by atoms with Crippen molar-refractivity contribution in [3.8, 4) is 0 Å². The molecule has 26 heavy (non-hydrogen) atoms. The van der Waals surface area contributed by atoms with Gasteiger partial charge >= 0.3 is 6.18 Å². The summed E-state index contributed by atoms with van der Waals surface area (Å²) in [6.45, 7) is 5.25. The van der Waals surface area contributed by atoms with Crippen molar-refractivity contribution < 1.29 is 22.8 Å². The maximum atomic E-state index is 12.6. The summed E-state index contributed by atoms with van der Waals surface area (Å²) in [5.41, 5.74) is 1.27. The molecule has 0 radical (unpaired) electrons. The molecule has 2 amide bonds. The molecule has 2 rings (SSSR count). The van der Waals surface area contributed by atoms with Gasteiger partial charge < -0.3 is 5.32 Å². The van der Waals surface area contributed by atoms with Gasteiger partial charge in [0, 0.05) is 5.56 Å². The van der Waals surface area contributed by atoms with Crippen molar-refractivity contribution in [2.75, 3.05) is 5.32 Å². The van der Waals surface area contributed by atoms with Crippen molar-refractivity contribution in [3.05, 3.63) is 40.4 Å². The lowest BCUT2D eigenvalue weighted by Crippen LogP contribution is -2.47. The Hall–Kier alpha value is -2.49. The minimum Gasteiger partial charge on any atom is -0.340 e. The Balaban J connectivity index is 2.10. The Morgan fingerprint density at radius 3 is 2.42 bits per heavy atom. The van der Waals surface area contributed by atoms with E-state index in [0.717, 1.165) is 5.56 Å². The second-order valence-corrected chi connectivity index (χ2v) is 6.94. The number of hydrogen-bond donors (Lipinski definition) is 2. The van der Waals surface area contributed by atoms with Gasteiger partial charge in [-0.25, -0.2) is 0 Å². The molecule has 1 unspecified atom stereocenters. The van der Waals surface area contributed by atoms with E-state index in [-0.39, 0.29) is 22.4 Å². The molecule has 2 N–H and O–H groups in total. The lowest BCUT2D eigenvalue weighted by molar-refractivity contribution is -0.138. The fraction of sp³-hybridized carbons (Fsp3) is 0.375. The highest BCUT2D eigenvalue weighted by Gasteiger charge is 2.36. The highest BCUT2D eigenvalue weighted by Crippen LogP contribution is 2.33. The summed E-state index contributed by atoms with van der Waals surface area (Å²) in [6.07, 6.45) is -4.63. The predicted octanol–water partition coefficient (Wildman–Crippen LogP) is 3.26. The van der Waals surface area contributed by atoms with Crippen LogP contribution in [0.2, 0.25) is 0 Å². The number of amides is 2. The minimum atomic E-state index is -4.63. The van der Waals surface area contributed by atoms with Crippen molar-refractivity contribution in [3.63, 3.8) is 0 Å². The average Bonchev–Trinajstić information content (AvgIpc) is 3.00. The van der Waals surface area contributed by atoms with Crippen molar-refractivity contribution in [2.45, 2.75) is 33.0 Å². The fourth-order valence-electron chi connectivity index (χ4n) is 2.12. The van der Waals surface area contributed by atoms with Crippen LogP contribution in [0.15, 0.2) is 24.3 Å². The maximum Gasteiger partial charge on any atom is 0.445 e. The molecule has 1 heterocycles. The lowest BCUT2D eigenvalue weighted by Gasteiger charge is -2.21. The van der Waals surface area contributed by atoms with Crippen LogP contribution >= 0.6 is 11.3 Å². The van der Waals surface area contributed by atoms with Crippen LogP contribution < -0.4 is 10.6 Å². The molecule has 0 bridgehead atoms. The number of benzene rings is 1. The quantitative estimate of drug-likeness (QED) is 0.826. The molecule has 1 atom stereocenters. The fourth-order valence-corrected chi connectivity index (χ4v) is 2.73. The number of anilines is 1. The van der Waals surface area contributed by atoms with E-state index < -0.39 is 29.0 Å². The summed E-state index contributed by atoms with van der Waals surface area (Å²) in [7, 11) is 0. The Kier molecular flexibility index (Phi) is 5.96. The smallest absolute Gasteiger partial charge is 0.340 e. The van der Waals surface area contributed by atoms with Crippen molar-refractivity contribution in [2.24, 2.45) is 5.92 Å². The molecule has 0 aliphatic carbocycles. The van der Waals surface area contributed by atoms with E-state index in [1.54, 1.807) is 32.0 Å². The number of carbonyl (C=O) groups excluding carboxylic acids is 2. The first-order valence-corrected chi connectivity index (χ1v) is 8.48. The molecule has 6 nitrogen and oxygen atoms in total. The van der Waals surface area contributed by atoms with E-state index >= 15 is 0 Å². The topological polar surface area (TPSA) is 84.0 Å². The molecule has 0 aliphatic heterocycles. The van der Waals surface area contributed by atoms with Gasteiger partial charge in [0.15, 0.2) is 0 Å². The number of hydrogen-bond acceptors (Lipinski definition) is 5. The van der Waals surface area contributed by atoms with E-state index in [4.69, 9.17) is 0 Å². The molecule has 0 spiro atoms. The van der Waals surface area contributed by atoms with Gasteiger partial charge in [0.1, 0.15) is 6.04 Å². The second-order valence-electron chi connectivity index (χ2n) is 5.96.